The van der Waals surface area contributed by atoms with Gasteiger partial charge in [0.15, 0.2) is 0 Å². The van der Waals surface area contributed by atoms with Gasteiger partial charge >= 0.3 is 0 Å². The molecule has 1 N–H and O–H groups in total. The van der Waals surface area contributed by atoms with Gasteiger partial charge in [0.05, 0.1) is 17.7 Å². The largest absolute Gasteiger partial charge is 0.491 e. The number of aryl methyl sites for hydroxylation is 2. The fourth-order valence-corrected chi connectivity index (χ4v) is 3.61. The first-order valence-corrected chi connectivity index (χ1v) is 9.70. The van der Waals surface area contributed by atoms with Gasteiger partial charge in [0.2, 0.25) is 11.8 Å². The quantitative estimate of drug-likeness (QED) is 0.830. The molecule has 0 radical (unpaired) electrons. The van der Waals surface area contributed by atoms with E-state index in [0.717, 1.165) is 29.1 Å². The molecule has 7 heteroatoms. The van der Waals surface area contributed by atoms with Gasteiger partial charge in [-0.1, -0.05) is 6.92 Å². The SMILES string of the molecule is CCc1c(C)nn(C)c1NC(=O)C1CC(=O)N(c2ccc(OC(C)C)cc2)C1. The molecule has 1 fully saturated rings. The number of amides is 2. The average molecular weight is 384 g/mol. The minimum atomic E-state index is -0.390. The van der Waals surface area contributed by atoms with E-state index in [4.69, 9.17) is 4.74 Å². The monoisotopic (exact) mass is 384 g/mol. The van der Waals surface area contributed by atoms with E-state index in [1.165, 1.54) is 0 Å². The number of benzene rings is 1. The number of hydrogen-bond donors (Lipinski definition) is 1. The van der Waals surface area contributed by atoms with Gasteiger partial charge in [0.25, 0.3) is 0 Å². The molecule has 1 aliphatic heterocycles. The zero-order valence-corrected chi connectivity index (χ0v) is 17.2. The van der Waals surface area contributed by atoms with E-state index in [0.29, 0.717) is 12.4 Å². The van der Waals surface area contributed by atoms with Crippen LogP contribution in [0, 0.1) is 12.8 Å². The van der Waals surface area contributed by atoms with Crippen LogP contribution in [0.5, 0.6) is 5.75 Å². The van der Waals surface area contributed by atoms with Crippen molar-refractivity contribution in [1.29, 1.82) is 0 Å². The smallest absolute Gasteiger partial charge is 0.230 e. The van der Waals surface area contributed by atoms with Crippen LogP contribution in [0.3, 0.4) is 0 Å². The molecule has 0 bridgehead atoms. The number of rotatable bonds is 6. The summed E-state index contributed by atoms with van der Waals surface area (Å²) in [7, 11) is 1.81. The molecule has 3 rings (SSSR count). The molecule has 1 unspecified atom stereocenters. The summed E-state index contributed by atoms with van der Waals surface area (Å²) in [5.74, 6) is 0.895. The molecule has 0 spiro atoms. The van der Waals surface area contributed by atoms with Gasteiger partial charge in [-0.05, 0) is 51.5 Å². The van der Waals surface area contributed by atoms with E-state index in [1.807, 2.05) is 59.0 Å². The van der Waals surface area contributed by atoms with Crippen LogP contribution in [0.25, 0.3) is 0 Å². The summed E-state index contributed by atoms with van der Waals surface area (Å²) in [6.07, 6.45) is 1.08. The molecule has 0 saturated carbocycles. The van der Waals surface area contributed by atoms with E-state index in [2.05, 4.69) is 10.4 Å². The standard InChI is InChI=1S/C21H28N4O3/c1-6-18-14(4)23-24(5)20(18)22-21(27)15-11-19(26)25(12-15)16-7-9-17(10-8-16)28-13(2)3/h7-10,13,15H,6,11-12H2,1-5H3,(H,22,27). The molecule has 1 saturated heterocycles. The van der Waals surface area contributed by atoms with Crippen molar-refractivity contribution in [3.63, 3.8) is 0 Å². The molecular weight excluding hydrogens is 356 g/mol. The Morgan fingerprint density at radius 2 is 2.00 bits per heavy atom. The minimum absolute atomic E-state index is 0.0467. The number of anilines is 2. The second kappa shape index (κ2) is 8.04. The van der Waals surface area contributed by atoms with Crippen LogP contribution in [0.15, 0.2) is 24.3 Å². The Balaban J connectivity index is 1.69. The molecule has 7 nitrogen and oxygen atoms in total. The Kier molecular flexibility index (Phi) is 5.72. The summed E-state index contributed by atoms with van der Waals surface area (Å²) in [5.41, 5.74) is 2.72. The molecule has 1 atom stereocenters. The number of nitrogens with one attached hydrogen (secondary N) is 1. The predicted octanol–water partition coefficient (Wildman–Crippen LogP) is 3.07. The highest BCUT2D eigenvalue weighted by atomic mass is 16.5. The van der Waals surface area contributed by atoms with Crippen molar-refractivity contribution in [3.8, 4) is 5.75 Å². The minimum Gasteiger partial charge on any atom is -0.491 e. The van der Waals surface area contributed by atoms with Gasteiger partial charge in [-0.25, -0.2) is 0 Å². The lowest BCUT2D eigenvalue weighted by molar-refractivity contribution is -0.122. The van der Waals surface area contributed by atoms with Crippen molar-refractivity contribution in [2.75, 3.05) is 16.8 Å². The number of ether oxygens (including phenoxy) is 1. The number of nitrogens with zero attached hydrogens (tertiary/aromatic N) is 3. The van der Waals surface area contributed by atoms with Crippen LogP contribution in [-0.4, -0.2) is 34.2 Å². The molecule has 2 amide bonds. The third-order valence-corrected chi connectivity index (χ3v) is 4.96. The van der Waals surface area contributed by atoms with Gasteiger partial charge in [0.1, 0.15) is 11.6 Å². The number of carbonyl (C=O) groups is 2. The van der Waals surface area contributed by atoms with Gasteiger partial charge in [-0.3, -0.25) is 14.3 Å². The van der Waals surface area contributed by atoms with E-state index in [9.17, 15) is 9.59 Å². The highest BCUT2D eigenvalue weighted by molar-refractivity contribution is 6.03. The molecule has 1 aliphatic rings. The van der Waals surface area contributed by atoms with Crippen molar-refractivity contribution >= 4 is 23.3 Å². The molecular formula is C21H28N4O3. The normalized spacial score (nSPS) is 16.7. The summed E-state index contributed by atoms with van der Waals surface area (Å²) < 4.78 is 7.33. The maximum absolute atomic E-state index is 12.8. The average Bonchev–Trinajstić information content (AvgIpc) is 3.15. The second-order valence-corrected chi connectivity index (χ2v) is 7.44. The lowest BCUT2D eigenvalue weighted by atomic mass is 10.1. The Morgan fingerprint density at radius 1 is 1.32 bits per heavy atom. The number of hydrogen-bond acceptors (Lipinski definition) is 4. The summed E-state index contributed by atoms with van der Waals surface area (Å²) >= 11 is 0. The lowest BCUT2D eigenvalue weighted by Gasteiger charge is -2.18. The Hall–Kier alpha value is -2.83. The van der Waals surface area contributed by atoms with Gasteiger partial charge < -0.3 is 15.0 Å². The van der Waals surface area contributed by atoms with Crippen molar-refractivity contribution < 1.29 is 14.3 Å². The van der Waals surface area contributed by atoms with Gasteiger partial charge in [0, 0.05) is 31.3 Å². The first-order chi connectivity index (χ1) is 13.3. The van der Waals surface area contributed by atoms with Crippen LogP contribution in [0.1, 0.15) is 38.4 Å². The number of aromatic nitrogens is 2. The van der Waals surface area contributed by atoms with Crippen molar-refractivity contribution in [3.05, 3.63) is 35.5 Å². The zero-order valence-electron chi connectivity index (χ0n) is 17.2. The molecule has 1 aromatic heterocycles. The van der Waals surface area contributed by atoms with Crippen LogP contribution < -0.4 is 15.0 Å². The van der Waals surface area contributed by atoms with Crippen LogP contribution in [0.2, 0.25) is 0 Å². The highest BCUT2D eigenvalue weighted by Gasteiger charge is 2.35. The molecule has 2 aromatic rings. The second-order valence-electron chi connectivity index (χ2n) is 7.44. The highest BCUT2D eigenvalue weighted by Crippen LogP contribution is 2.28. The first kappa shape index (κ1) is 19.9. The molecule has 1 aromatic carbocycles. The Bertz CT molecular complexity index is 871. The summed E-state index contributed by atoms with van der Waals surface area (Å²) in [4.78, 5) is 27.0. The summed E-state index contributed by atoms with van der Waals surface area (Å²) in [6.45, 7) is 8.27. The van der Waals surface area contributed by atoms with Crippen LogP contribution in [0.4, 0.5) is 11.5 Å². The topological polar surface area (TPSA) is 76.5 Å². The molecule has 0 aliphatic carbocycles. The van der Waals surface area contributed by atoms with Crippen molar-refractivity contribution in [1.82, 2.24) is 9.78 Å². The van der Waals surface area contributed by atoms with Crippen molar-refractivity contribution in [2.24, 2.45) is 13.0 Å². The summed E-state index contributed by atoms with van der Waals surface area (Å²) in [6, 6.07) is 7.41. The third kappa shape index (κ3) is 4.03. The van der Waals surface area contributed by atoms with E-state index < -0.39 is 0 Å². The Labute approximate surface area is 165 Å². The van der Waals surface area contributed by atoms with E-state index in [1.54, 1.807) is 9.58 Å². The first-order valence-electron chi connectivity index (χ1n) is 9.70. The lowest BCUT2D eigenvalue weighted by Crippen LogP contribution is -2.28. The molecule has 28 heavy (non-hydrogen) atoms. The maximum atomic E-state index is 12.8. The van der Waals surface area contributed by atoms with E-state index >= 15 is 0 Å². The van der Waals surface area contributed by atoms with Crippen LogP contribution in [-0.2, 0) is 23.1 Å². The molecule has 150 valence electrons. The summed E-state index contributed by atoms with van der Waals surface area (Å²) in [5, 5.41) is 7.36. The van der Waals surface area contributed by atoms with Crippen LogP contribution >= 0.6 is 0 Å². The molecule has 2 heterocycles. The van der Waals surface area contributed by atoms with Gasteiger partial charge in [-0.15, -0.1) is 0 Å². The van der Waals surface area contributed by atoms with Crippen molar-refractivity contribution in [2.45, 2.75) is 46.6 Å². The Morgan fingerprint density at radius 3 is 2.61 bits per heavy atom. The zero-order chi connectivity index (χ0) is 20.4. The fraction of sp³-hybridized carbons (Fsp3) is 0.476. The third-order valence-electron chi connectivity index (χ3n) is 4.96. The van der Waals surface area contributed by atoms with Gasteiger partial charge in [-0.2, -0.15) is 5.10 Å². The fourth-order valence-electron chi connectivity index (χ4n) is 3.61. The number of carbonyl (C=O) groups excluding carboxylic acids is 2. The van der Waals surface area contributed by atoms with E-state index in [-0.39, 0.29) is 30.3 Å². The maximum Gasteiger partial charge on any atom is 0.230 e. The predicted molar refractivity (Wildman–Crippen MR) is 109 cm³/mol.